The van der Waals surface area contributed by atoms with Crippen molar-refractivity contribution in [3.05, 3.63) is 53.2 Å². The summed E-state index contributed by atoms with van der Waals surface area (Å²) < 4.78 is 5.94. The van der Waals surface area contributed by atoms with E-state index < -0.39 is 5.91 Å². The highest BCUT2D eigenvalue weighted by atomic mass is 16.5. The largest absolute Gasteiger partial charge is 0.472 e. The van der Waals surface area contributed by atoms with Gasteiger partial charge in [0.2, 0.25) is 5.88 Å². The average molecular weight is 326 g/mol. The second-order valence-electron chi connectivity index (χ2n) is 6.07. The number of aromatic nitrogens is 1. The van der Waals surface area contributed by atoms with Gasteiger partial charge >= 0.3 is 0 Å². The zero-order valence-electron chi connectivity index (χ0n) is 13.7. The SMILES string of the molecule is Cc1ccc(O[C@@H]2CCN(c3ccc(CN)cc3C(N)=O)C2)nc1. The summed E-state index contributed by atoms with van der Waals surface area (Å²) in [7, 11) is 0. The lowest BCUT2D eigenvalue weighted by Crippen LogP contribution is -2.27. The Labute approximate surface area is 141 Å². The molecule has 6 nitrogen and oxygen atoms in total. The predicted molar refractivity (Wildman–Crippen MR) is 93.1 cm³/mol. The number of ether oxygens (including phenoxy) is 1. The average Bonchev–Trinajstić information content (AvgIpc) is 3.04. The summed E-state index contributed by atoms with van der Waals surface area (Å²) in [5, 5.41) is 0. The first-order valence-corrected chi connectivity index (χ1v) is 8.04. The lowest BCUT2D eigenvalue weighted by Gasteiger charge is -2.21. The van der Waals surface area contributed by atoms with Gasteiger partial charge in [-0.25, -0.2) is 4.98 Å². The quantitative estimate of drug-likeness (QED) is 0.870. The fourth-order valence-electron chi connectivity index (χ4n) is 2.92. The number of amides is 1. The van der Waals surface area contributed by atoms with E-state index in [2.05, 4.69) is 9.88 Å². The molecule has 0 bridgehead atoms. The van der Waals surface area contributed by atoms with Crippen molar-refractivity contribution in [3.8, 4) is 5.88 Å². The van der Waals surface area contributed by atoms with Crippen LogP contribution in [0.25, 0.3) is 0 Å². The number of nitrogens with two attached hydrogens (primary N) is 2. The first-order chi connectivity index (χ1) is 11.6. The highest BCUT2D eigenvalue weighted by molar-refractivity contribution is 5.99. The van der Waals surface area contributed by atoms with Gasteiger partial charge in [-0.2, -0.15) is 0 Å². The van der Waals surface area contributed by atoms with Crippen LogP contribution in [-0.4, -0.2) is 30.1 Å². The summed E-state index contributed by atoms with van der Waals surface area (Å²) in [6.07, 6.45) is 2.70. The number of nitrogens with zero attached hydrogens (tertiary/aromatic N) is 2. The van der Waals surface area contributed by atoms with Crippen LogP contribution in [0.1, 0.15) is 27.9 Å². The number of carbonyl (C=O) groups is 1. The third kappa shape index (κ3) is 3.49. The lowest BCUT2D eigenvalue weighted by molar-refractivity contribution is 0.100. The Bertz CT molecular complexity index is 730. The van der Waals surface area contributed by atoms with E-state index in [4.69, 9.17) is 16.2 Å². The van der Waals surface area contributed by atoms with Gasteiger partial charge in [-0.1, -0.05) is 12.1 Å². The van der Waals surface area contributed by atoms with Crippen LogP contribution < -0.4 is 21.1 Å². The van der Waals surface area contributed by atoms with Gasteiger partial charge in [0.25, 0.3) is 5.91 Å². The van der Waals surface area contributed by atoms with Crippen molar-refractivity contribution >= 4 is 11.6 Å². The molecule has 0 saturated carbocycles. The highest BCUT2D eigenvalue weighted by Crippen LogP contribution is 2.27. The van der Waals surface area contributed by atoms with E-state index in [9.17, 15) is 4.79 Å². The van der Waals surface area contributed by atoms with Crippen LogP contribution in [0.5, 0.6) is 5.88 Å². The first kappa shape index (κ1) is 16.3. The fraction of sp³-hybridized carbons (Fsp3) is 0.333. The second-order valence-corrected chi connectivity index (χ2v) is 6.07. The van der Waals surface area contributed by atoms with Crippen molar-refractivity contribution in [3.63, 3.8) is 0 Å². The molecule has 0 radical (unpaired) electrons. The molecule has 24 heavy (non-hydrogen) atoms. The first-order valence-electron chi connectivity index (χ1n) is 8.04. The van der Waals surface area contributed by atoms with Crippen LogP contribution in [0.15, 0.2) is 36.5 Å². The highest BCUT2D eigenvalue weighted by Gasteiger charge is 2.27. The number of hydrogen-bond donors (Lipinski definition) is 2. The molecule has 0 unspecified atom stereocenters. The minimum Gasteiger partial charge on any atom is -0.472 e. The van der Waals surface area contributed by atoms with Crippen molar-refractivity contribution in [2.24, 2.45) is 11.5 Å². The summed E-state index contributed by atoms with van der Waals surface area (Å²) in [5.74, 6) is 0.186. The van der Waals surface area contributed by atoms with Gasteiger partial charge in [0.15, 0.2) is 0 Å². The number of anilines is 1. The van der Waals surface area contributed by atoms with Crippen molar-refractivity contribution in [2.75, 3.05) is 18.0 Å². The van der Waals surface area contributed by atoms with E-state index in [0.29, 0.717) is 24.5 Å². The lowest BCUT2D eigenvalue weighted by atomic mass is 10.1. The Hall–Kier alpha value is -2.60. The molecule has 4 N–H and O–H groups in total. The van der Waals surface area contributed by atoms with Gasteiger partial charge in [-0.05, 0) is 30.2 Å². The molecule has 0 spiro atoms. The Morgan fingerprint density at radius 2 is 2.21 bits per heavy atom. The van der Waals surface area contributed by atoms with E-state index in [1.54, 1.807) is 12.3 Å². The molecule has 126 valence electrons. The third-order valence-corrected chi connectivity index (χ3v) is 4.22. The van der Waals surface area contributed by atoms with Crippen molar-refractivity contribution in [1.82, 2.24) is 4.98 Å². The van der Waals surface area contributed by atoms with Crippen LogP contribution in [0.2, 0.25) is 0 Å². The number of pyridine rings is 1. The van der Waals surface area contributed by atoms with E-state index >= 15 is 0 Å². The maximum Gasteiger partial charge on any atom is 0.250 e. The van der Waals surface area contributed by atoms with Crippen LogP contribution >= 0.6 is 0 Å². The molecule has 2 heterocycles. The smallest absolute Gasteiger partial charge is 0.250 e. The molecule has 6 heteroatoms. The summed E-state index contributed by atoms with van der Waals surface area (Å²) in [6.45, 7) is 3.87. The Balaban J connectivity index is 1.73. The van der Waals surface area contributed by atoms with Crippen molar-refractivity contribution in [1.29, 1.82) is 0 Å². The molecule has 1 atom stereocenters. The molecule has 2 aromatic rings. The maximum atomic E-state index is 11.8. The van der Waals surface area contributed by atoms with Crippen LogP contribution in [-0.2, 0) is 6.54 Å². The van der Waals surface area contributed by atoms with Gasteiger partial charge in [0, 0.05) is 37.5 Å². The number of primary amides is 1. The topological polar surface area (TPSA) is 94.5 Å². The summed E-state index contributed by atoms with van der Waals surface area (Å²) in [4.78, 5) is 18.2. The zero-order valence-corrected chi connectivity index (χ0v) is 13.7. The van der Waals surface area contributed by atoms with Crippen LogP contribution in [0.4, 0.5) is 5.69 Å². The molecule has 1 aromatic carbocycles. The second kappa shape index (κ2) is 6.88. The summed E-state index contributed by atoms with van der Waals surface area (Å²) in [5.41, 5.74) is 14.5. The predicted octanol–water partition coefficient (Wildman–Crippen LogP) is 1.61. The summed E-state index contributed by atoms with van der Waals surface area (Å²) in [6, 6.07) is 9.47. The molecule has 1 aliphatic rings. The van der Waals surface area contributed by atoms with Crippen molar-refractivity contribution < 1.29 is 9.53 Å². The molecular formula is C18H22N4O2. The summed E-state index contributed by atoms with van der Waals surface area (Å²) >= 11 is 0. The standard InChI is InChI=1S/C18H22N4O2/c1-12-2-5-17(21-10-12)24-14-6-7-22(11-14)16-4-3-13(9-19)8-15(16)18(20)23/h2-5,8,10,14H,6-7,9,11,19H2,1H3,(H2,20,23)/t14-/m1/s1. The molecular weight excluding hydrogens is 304 g/mol. The molecule has 1 amide bonds. The maximum absolute atomic E-state index is 11.8. The molecule has 1 aliphatic heterocycles. The third-order valence-electron chi connectivity index (χ3n) is 4.22. The number of rotatable bonds is 5. The van der Waals surface area contributed by atoms with E-state index in [-0.39, 0.29) is 6.10 Å². The minimum absolute atomic E-state index is 0.0371. The van der Waals surface area contributed by atoms with Crippen LogP contribution in [0.3, 0.4) is 0 Å². The Morgan fingerprint density at radius 3 is 2.88 bits per heavy atom. The monoisotopic (exact) mass is 326 g/mol. The number of hydrogen-bond acceptors (Lipinski definition) is 5. The van der Waals surface area contributed by atoms with Crippen LogP contribution in [0, 0.1) is 6.92 Å². The van der Waals surface area contributed by atoms with Gasteiger partial charge in [0.05, 0.1) is 12.1 Å². The Morgan fingerprint density at radius 1 is 1.38 bits per heavy atom. The molecule has 1 aromatic heterocycles. The Kier molecular flexibility index (Phi) is 4.66. The van der Waals surface area contributed by atoms with E-state index in [0.717, 1.165) is 29.8 Å². The van der Waals surface area contributed by atoms with E-state index in [1.165, 1.54) is 0 Å². The van der Waals surface area contributed by atoms with Gasteiger partial charge in [-0.15, -0.1) is 0 Å². The van der Waals surface area contributed by atoms with Gasteiger partial charge in [0.1, 0.15) is 6.10 Å². The molecule has 1 fully saturated rings. The van der Waals surface area contributed by atoms with Crippen molar-refractivity contribution in [2.45, 2.75) is 26.0 Å². The molecule has 1 saturated heterocycles. The number of benzene rings is 1. The normalized spacial score (nSPS) is 17.1. The zero-order chi connectivity index (χ0) is 17.1. The van der Waals surface area contributed by atoms with Gasteiger partial charge in [-0.3, -0.25) is 4.79 Å². The fourth-order valence-corrected chi connectivity index (χ4v) is 2.92. The number of carbonyl (C=O) groups excluding carboxylic acids is 1. The minimum atomic E-state index is -0.440. The van der Waals surface area contributed by atoms with Gasteiger partial charge < -0.3 is 21.1 Å². The van der Waals surface area contributed by atoms with E-state index in [1.807, 2.05) is 31.2 Å². The number of aryl methyl sites for hydroxylation is 1. The molecule has 3 rings (SSSR count). The molecule has 0 aliphatic carbocycles.